The van der Waals surface area contributed by atoms with E-state index in [0.29, 0.717) is 0 Å². The molecule has 1 amide bonds. The van der Waals surface area contributed by atoms with Crippen molar-refractivity contribution in [1.82, 2.24) is 0 Å². The standard InChI is InChI=1S/C18H23NO2/c1-12-11-13(7-6-10-20)8-9-14(12)19-16(21)15-17(2,3)18(15,4)5/h8-9,11,15,20H,10H2,1-5H3,(H,19,21). The van der Waals surface area contributed by atoms with E-state index in [1.807, 2.05) is 25.1 Å². The van der Waals surface area contributed by atoms with Crippen molar-refractivity contribution in [3.8, 4) is 11.8 Å². The Balaban J connectivity index is 2.13. The van der Waals surface area contributed by atoms with Gasteiger partial charge in [-0.2, -0.15) is 0 Å². The predicted octanol–water partition coefficient (Wildman–Crippen LogP) is 2.96. The maximum absolute atomic E-state index is 12.4. The van der Waals surface area contributed by atoms with Crippen LogP contribution in [-0.4, -0.2) is 17.6 Å². The van der Waals surface area contributed by atoms with Gasteiger partial charge in [0.1, 0.15) is 6.61 Å². The first-order chi connectivity index (χ1) is 9.71. The van der Waals surface area contributed by atoms with Gasteiger partial charge in [0.2, 0.25) is 5.91 Å². The number of anilines is 1. The maximum atomic E-state index is 12.4. The lowest BCUT2D eigenvalue weighted by molar-refractivity contribution is -0.118. The van der Waals surface area contributed by atoms with Crippen LogP contribution >= 0.6 is 0 Å². The van der Waals surface area contributed by atoms with Crippen LogP contribution in [0.5, 0.6) is 0 Å². The number of benzene rings is 1. The van der Waals surface area contributed by atoms with E-state index in [2.05, 4.69) is 44.9 Å². The quantitative estimate of drug-likeness (QED) is 0.821. The van der Waals surface area contributed by atoms with Gasteiger partial charge in [0.05, 0.1) is 0 Å². The molecule has 0 spiro atoms. The van der Waals surface area contributed by atoms with Gasteiger partial charge in [-0.05, 0) is 41.5 Å². The highest BCUT2D eigenvalue weighted by Crippen LogP contribution is 2.68. The molecule has 0 aromatic heterocycles. The molecule has 0 bridgehead atoms. The van der Waals surface area contributed by atoms with Crippen LogP contribution in [0.1, 0.15) is 38.8 Å². The molecule has 3 heteroatoms. The number of nitrogens with one attached hydrogen (secondary N) is 1. The van der Waals surface area contributed by atoms with Gasteiger partial charge in [0.25, 0.3) is 0 Å². The van der Waals surface area contributed by atoms with Crippen molar-refractivity contribution in [2.75, 3.05) is 11.9 Å². The average Bonchev–Trinajstić information content (AvgIpc) is 2.80. The average molecular weight is 285 g/mol. The van der Waals surface area contributed by atoms with E-state index >= 15 is 0 Å². The molecule has 1 aromatic carbocycles. The normalized spacial score (nSPS) is 18.6. The first kappa shape index (κ1) is 15.6. The molecule has 1 aliphatic rings. The van der Waals surface area contributed by atoms with Gasteiger partial charge in [0.15, 0.2) is 0 Å². The molecule has 112 valence electrons. The Kier molecular flexibility index (Phi) is 3.86. The van der Waals surface area contributed by atoms with Crippen LogP contribution in [0.15, 0.2) is 18.2 Å². The third-order valence-corrected chi connectivity index (χ3v) is 5.08. The van der Waals surface area contributed by atoms with E-state index in [1.54, 1.807) is 0 Å². The van der Waals surface area contributed by atoms with Crippen molar-refractivity contribution in [3.63, 3.8) is 0 Å². The number of hydrogen-bond donors (Lipinski definition) is 2. The second-order valence-corrected chi connectivity index (χ2v) is 6.86. The van der Waals surface area contributed by atoms with Crippen LogP contribution in [0.25, 0.3) is 0 Å². The summed E-state index contributed by atoms with van der Waals surface area (Å²) in [6.07, 6.45) is 0. The molecular formula is C18H23NO2. The fourth-order valence-electron chi connectivity index (χ4n) is 3.08. The van der Waals surface area contributed by atoms with E-state index in [-0.39, 0.29) is 29.3 Å². The lowest BCUT2D eigenvalue weighted by atomic mass is 10.0. The third-order valence-electron chi connectivity index (χ3n) is 5.08. The number of carbonyl (C=O) groups excluding carboxylic acids is 1. The molecule has 0 saturated heterocycles. The molecule has 3 nitrogen and oxygen atoms in total. The summed E-state index contributed by atoms with van der Waals surface area (Å²) in [5, 5.41) is 11.7. The van der Waals surface area contributed by atoms with Crippen LogP contribution in [0, 0.1) is 35.5 Å². The summed E-state index contributed by atoms with van der Waals surface area (Å²) in [7, 11) is 0. The Labute approximate surface area is 126 Å². The van der Waals surface area contributed by atoms with Crippen molar-refractivity contribution in [2.45, 2.75) is 34.6 Å². The molecule has 2 rings (SSSR count). The largest absolute Gasteiger partial charge is 0.384 e. The number of carbonyl (C=O) groups is 1. The van der Waals surface area contributed by atoms with E-state index in [0.717, 1.165) is 16.8 Å². The van der Waals surface area contributed by atoms with Gasteiger partial charge in [-0.15, -0.1) is 0 Å². The van der Waals surface area contributed by atoms with Crippen molar-refractivity contribution in [2.24, 2.45) is 16.7 Å². The minimum atomic E-state index is -0.149. The molecule has 21 heavy (non-hydrogen) atoms. The first-order valence-electron chi connectivity index (χ1n) is 7.23. The molecule has 0 radical (unpaired) electrons. The molecule has 0 atom stereocenters. The summed E-state index contributed by atoms with van der Waals surface area (Å²) in [4.78, 5) is 12.4. The van der Waals surface area contributed by atoms with Crippen molar-refractivity contribution >= 4 is 11.6 Å². The third kappa shape index (κ3) is 2.69. The van der Waals surface area contributed by atoms with Gasteiger partial charge < -0.3 is 10.4 Å². The number of aliphatic hydroxyl groups excluding tert-OH is 1. The zero-order chi connectivity index (χ0) is 15.8. The van der Waals surface area contributed by atoms with Crippen molar-refractivity contribution in [1.29, 1.82) is 0 Å². The highest BCUT2D eigenvalue weighted by atomic mass is 16.2. The van der Waals surface area contributed by atoms with E-state index in [1.165, 1.54) is 0 Å². The predicted molar refractivity (Wildman–Crippen MR) is 84.8 cm³/mol. The van der Waals surface area contributed by atoms with E-state index in [9.17, 15) is 4.79 Å². The zero-order valence-electron chi connectivity index (χ0n) is 13.4. The summed E-state index contributed by atoms with van der Waals surface area (Å²) in [5.74, 6) is 5.61. The van der Waals surface area contributed by atoms with Crippen LogP contribution < -0.4 is 5.32 Å². The Morgan fingerprint density at radius 1 is 1.29 bits per heavy atom. The van der Waals surface area contributed by atoms with E-state index in [4.69, 9.17) is 5.11 Å². The molecule has 2 N–H and O–H groups in total. The van der Waals surface area contributed by atoms with Crippen LogP contribution in [0.2, 0.25) is 0 Å². The summed E-state index contributed by atoms with van der Waals surface area (Å²) in [5.41, 5.74) is 2.72. The number of hydrogen-bond acceptors (Lipinski definition) is 2. The molecule has 0 aliphatic heterocycles. The molecule has 0 unspecified atom stereocenters. The monoisotopic (exact) mass is 285 g/mol. The van der Waals surface area contributed by atoms with Crippen molar-refractivity contribution in [3.05, 3.63) is 29.3 Å². The zero-order valence-corrected chi connectivity index (χ0v) is 13.4. The lowest BCUT2D eigenvalue weighted by Gasteiger charge is -2.10. The Morgan fingerprint density at radius 2 is 1.90 bits per heavy atom. The van der Waals surface area contributed by atoms with Crippen molar-refractivity contribution < 1.29 is 9.90 Å². The minimum Gasteiger partial charge on any atom is -0.384 e. The van der Waals surface area contributed by atoms with Gasteiger partial charge in [-0.1, -0.05) is 39.5 Å². The minimum absolute atomic E-state index is 0.0392. The molecule has 0 heterocycles. The van der Waals surface area contributed by atoms with E-state index < -0.39 is 0 Å². The number of aliphatic hydroxyl groups is 1. The molecule has 1 fully saturated rings. The number of rotatable bonds is 2. The fraction of sp³-hybridized carbons (Fsp3) is 0.500. The Morgan fingerprint density at radius 3 is 2.38 bits per heavy atom. The first-order valence-corrected chi connectivity index (χ1v) is 7.23. The lowest BCUT2D eigenvalue weighted by Crippen LogP contribution is -2.18. The molecular weight excluding hydrogens is 262 g/mol. The van der Waals surface area contributed by atoms with Gasteiger partial charge >= 0.3 is 0 Å². The summed E-state index contributed by atoms with van der Waals surface area (Å²) < 4.78 is 0. The summed E-state index contributed by atoms with van der Waals surface area (Å²) in [6.45, 7) is 10.3. The van der Waals surface area contributed by atoms with Gasteiger partial charge in [-0.3, -0.25) is 4.79 Å². The smallest absolute Gasteiger partial charge is 0.228 e. The molecule has 1 aliphatic carbocycles. The second-order valence-electron chi connectivity index (χ2n) is 6.86. The number of aryl methyl sites for hydroxylation is 1. The summed E-state index contributed by atoms with van der Waals surface area (Å²) >= 11 is 0. The topological polar surface area (TPSA) is 49.3 Å². The molecule has 1 aromatic rings. The highest BCUT2D eigenvalue weighted by Gasteiger charge is 2.68. The Hall–Kier alpha value is -1.79. The van der Waals surface area contributed by atoms with Gasteiger partial charge in [0, 0.05) is 17.2 Å². The molecule has 1 saturated carbocycles. The van der Waals surface area contributed by atoms with Crippen LogP contribution in [0.3, 0.4) is 0 Å². The fourth-order valence-corrected chi connectivity index (χ4v) is 3.08. The Bertz CT molecular complexity index is 618. The second kappa shape index (κ2) is 5.20. The highest BCUT2D eigenvalue weighted by molar-refractivity contribution is 5.96. The van der Waals surface area contributed by atoms with Crippen LogP contribution in [-0.2, 0) is 4.79 Å². The SMILES string of the molecule is Cc1cc(C#CCO)ccc1NC(=O)C1C(C)(C)C1(C)C. The summed E-state index contributed by atoms with van der Waals surface area (Å²) in [6, 6.07) is 5.65. The van der Waals surface area contributed by atoms with Gasteiger partial charge in [-0.25, -0.2) is 0 Å². The number of amides is 1. The maximum Gasteiger partial charge on any atom is 0.228 e. The van der Waals surface area contributed by atoms with Crippen LogP contribution in [0.4, 0.5) is 5.69 Å².